The molecule has 0 aromatic heterocycles. The smallest absolute Gasteiger partial charge is 0.298 e. The fourth-order valence-electron chi connectivity index (χ4n) is 7.18. The molecular weight excluding hydrogens is 625 g/mol. The van der Waals surface area contributed by atoms with E-state index in [1.165, 1.54) is 5.56 Å². The van der Waals surface area contributed by atoms with Crippen molar-refractivity contribution in [3.05, 3.63) is 191 Å². The molecule has 0 bridgehead atoms. The Hall–Kier alpha value is -4.97. The van der Waals surface area contributed by atoms with Crippen molar-refractivity contribution >= 4 is 10.1 Å². The van der Waals surface area contributed by atoms with Crippen LogP contribution in [0.2, 0.25) is 0 Å². The van der Waals surface area contributed by atoms with Crippen LogP contribution in [0.3, 0.4) is 0 Å². The lowest BCUT2D eigenvalue weighted by Gasteiger charge is -2.30. The Kier molecular flexibility index (Phi) is 10.4. The normalized spacial score (nSPS) is 14.1. The van der Waals surface area contributed by atoms with Crippen LogP contribution in [0.25, 0.3) is 11.1 Å². The summed E-state index contributed by atoms with van der Waals surface area (Å²) < 4.78 is 38.1. The Morgan fingerprint density at radius 3 is 1.24 bits per heavy atom. The van der Waals surface area contributed by atoms with Crippen molar-refractivity contribution < 1.29 is 18.1 Å². The molecule has 0 saturated carbocycles. The van der Waals surface area contributed by atoms with E-state index in [9.17, 15) is 18.1 Å². The van der Waals surface area contributed by atoms with Crippen molar-refractivity contribution in [2.75, 3.05) is 0 Å². The maximum Gasteiger partial charge on any atom is 0.298 e. The van der Waals surface area contributed by atoms with Crippen molar-refractivity contribution in [1.29, 1.82) is 0 Å². The summed E-state index contributed by atoms with van der Waals surface area (Å²) in [5.74, 6) is -0.857. The van der Waals surface area contributed by atoms with Crippen molar-refractivity contribution in [2.45, 2.75) is 55.3 Å². The van der Waals surface area contributed by atoms with Crippen molar-refractivity contribution in [3.63, 3.8) is 0 Å². The molecule has 6 aromatic carbocycles. The van der Waals surface area contributed by atoms with Crippen LogP contribution in [0, 0.1) is 0 Å². The van der Waals surface area contributed by atoms with Crippen LogP contribution in [-0.2, 0) is 10.1 Å². The monoisotopic (exact) mass is 666 g/mol. The maximum absolute atomic E-state index is 13.6. The molecule has 6 rings (SSSR count). The first-order chi connectivity index (χ1) is 23.7. The molecule has 6 aromatic rings. The minimum absolute atomic E-state index is 0.0836. The highest BCUT2D eigenvalue weighted by Gasteiger charge is 2.34. The Morgan fingerprint density at radius 1 is 0.510 bits per heavy atom. The van der Waals surface area contributed by atoms with Gasteiger partial charge in [0.05, 0.1) is 0 Å². The second-order valence-electron chi connectivity index (χ2n) is 13.0. The van der Waals surface area contributed by atoms with E-state index in [1.807, 2.05) is 121 Å². The highest BCUT2D eigenvalue weighted by Crippen LogP contribution is 2.50. The molecule has 0 aliphatic heterocycles. The van der Waals surface area contributed by atoms with E-state index < -0.39 is 20.8 Å². The summed E-state index contributed by atoms with van der Waals surface area (Å²) in [6.45, 7) is 4.34. The molecular formula is C44H42O4S. The van der Waals surface area contributed by atoms with E-state index in [-0.39, 0.29) is 23.7 Å². The number of phenols is 1. The molecule has 0 aliphatic rings. The summed E-state index contributed by atoms with van der Waals surface area (Å²) in [6.07, 6.45) is 1.27. The zero-order chi connectivity index (χ0) is 34.4. The predicted octanol–water partition coefficient (Wildman–Crippen LogP) is 11.0. The minimum atomic E-state index is -4.90. The first kappa shape index (κ1) is 33.9. The molecule has 0 aliphatic carbocycles. The fourth-order valence-corrected chi connectivity index (χ4v) is 8.04. The lowest BCUT2D eigenvalue weighted by Crippen LogP contribution is -2.15. The second kappa shape index (κ2) is 15.1. The van der Waals surface area contributed by atoms with Crippen LogP contribution in [0.15, 0.2) is 163 Å². The average Bonchev–Trinajstić information content (AvgIpc) is 3.14. The predicted molar refractivity (Wildman–Crippen MR) is 199 cm³/mol. The zero-order valence-corrected chi connectivity index (χ0v) is 28.7. The number of rotatable bonds is 12. The topological polar surface area (TPSA) is 74.6 Å². The summed E-state index contributed by atoms with van der Waals surface area (Å²) in [6, 6.07) is 51.8. The molecule has 0 heterocycles. The summed E-state index contributed by atoms with van der Waals surface area (Å²) in [7, 11) is -4.90. The van der Waals surface area contributed by atoms with Gasteiger partial charge >= 0.3 is 0 Å². The number of phenolic OH excluding ortho intramolecular Hbond substituents is 1. The highest BCUT2D eigenvalue weighted by atomic mass is 32.2. The van der Waals surface area contributed by atoms with E-state index in [1.54, 1.807) is 0 Å². The van der Waals surface area contributed by atoms with Crippen molar-refractivity contribution in [2.24, 2.45) is 0 Å². The lowest BCUT2D eigenvalue weighted by atomic mass is 9.75. The van der Waals surface area contributed by atoms with Gasteiger partial charge in [0.2, 0.25) is 0 Å². The van der Waals surface area contributed by atoms with Crippen LogP contribution < -0.4 is 0 Å². The third-order valence-corrected chi connectivity index (χ3v) is 10.6. The SMILES string of the molecule is CC(CC(c1ccccc1)c1cc(C(CC(C)c2ccccc2)c2ccccc2)c(-c2ccccc2)c(S(=O)(=O)O)c1O)c1ccccc1. The van der Waals surface area contributed by atoms with E-state index in [0.29, 0.717) is 29.5 Å². The number of aromatic hydroxyl groups is 1. The molecule has 4 unspecified atom stereocenters. The maximum atomic E-state index is 13.6. The molecule has 4 atom stereocenters. The molecule has 0 spiro atoms. The molecule has 248 valence electrons. The van der Waals surface area contributed by atoms with Gasteiger partial charge in [0.25, 0.3) is 10.1 Å². The molecule has 4 nitrogen and oxygen atoms in total. The van der Waals surface area contributed by atoms with E-state index in [2.05, 4.69) is 50.2 Å². The standard InChI is InChI=1S/C44H42O4S/c1-31(33-18-8-3-9-19-33)28-38(35-22-12-5-13-23-35)40-30-41(43(45)44(49(46,47)48)42(40)37-26-16-7-17-27-37)39(36-24-14-6-15-25-36)29-32(2)34-20-10-4-11-21-34/h3-27,30-32,38-39,45H,28-29H2,1-2H3,(H,46,47,48). The van der Waals surface area contributed by atoms with Gasteiger partial charge in [-0.3, -0.25) is 4.55 Å². The molecule has 2 N–H and O–H groups in total. The molecule has 0 fully saturated rings. The van der Waals surface area contributed by atoms with E-state index in [4.69, 9.17) is 0 Å². The molecule has 5 heteroatoms. The van der Waals surface area contributed by atoms with Crippen LogP contribution in [0.4, 0.5) is 0 Å². The van der Waals surface area contributed by atoms with Crippen LogP contribution in [-0.4, -0.2) is 18.1 Å². The highest BCUT2D eigenvalue weighted by molar-refractivity contribution is 7.86. The van der Waals surface area contributed by atoms with Gasteiger partial charge in [-0.25, -0.2) is 0 Å². The molecule has 49 heavy (non-hydrogen) atoms. The quantitative estimate of drug-likeness (QED) is 0.127. The van der Waals surface area contributed by atoms with Gasteiger partial charge in [-0.1, -0.05) is 172 Å². The van der Waals surface area contributed by atoms with Gasteiger partial charge < -0.3 is 5.11 Å². The van der Waals surface area contributed by atoms with Gasteiger partial charge in [0.1, 0.15) is 10.6 Å². The van der Waals surface area contributed by atoms with E-state index >= 15 is 0 Å². The first-order valence-electron chi connectivity index (χ1n) is 16.8. The van der Waals surface area contributed by atoms with Crippen molar-refractivity contribution in [1.82, 2.24) is 0 Å². The van der Waals surface area contributed by atoms with Gasteiger partial charge in [0.15, 0.2) is 0 Å². The summed E-state index contributed by atoms with van der Waals surface area (Å²) in [5.41, 5.74) is 6.45. The Balaban J connectivity index is 1.65. The number of hydrogen-bond acceptors (Lipinski definition) is 3. The van der Waals surface area contributed by atoms with Crippen LogP contribution in [0.5, 0.6) is 5.75 Å². The largest absolute Gasteiger partial charge is 0.506 e. The summed E-state index contributed by atoms with van der Waals surface area (Å²) >= 11 is 0. The van der Waals surface area contributed by atoms with Crippen molar-refractivity contribution in [3.8, 4) is 16.9 Å². The Morgan fingerprint density at radius 2 is 0.857 bits per heavy atom. The fraction of sp³-hybridized carbons (Fsp3) is 0.182. The van der Waals surface area contributed by atoms with Gasteiger partial charge in [-0.2, -0.15) is 8.42 Å². The van der Waals surface area contributed by atoms with Gasteiger partial charge in [-0.05, 0) is 58.1 Å². The average molecular weight is 667 g/mol. The number of benzene rings is 6. The van der Waals surface area contributed by atoms with Gasteiger partial charge in [0, 0.05) is 23.0 Å². The summed E-state index contributed by atoms with van der Waals surface area (Å²) in [5, 5.41) is 12.2. The molecule has 0 amide bonds. The van der Waals surface area contributed by atoms with Gasteiger partial charge in [-0.15, -0.1) is 0 Å². The molecule has 0 saturated heterocycles. The zero-order valence-electron chi connectivity index (χ0n) is 27.9. The lowest BCUT2D eigenvalue weighted by molar-refractivity contribution is 0.432. The summed E-state index contributed by atoms with van der Waals surface area (Å²) in [4.78, 5) is -0.451. The number of hydrogen-bond donors (Lipinski definition) is 2. The second-order valence-corrected chi connectivity index (χ2v) is 14.3. The van der Waals surface area contributed by atoms with Crippen LogP contribution >= 0.6 is 0 Å². The first-order valence-corrected chi connectivity index (χ1v) is 18.3. The Bertz CT molecular complexity index is 2070. The van der Waals surface area contributed by atoms with Crippen LogP contribution in [0.1, 0.15) is 83.7 Å². The minimum Gasteiger partial charge on any atom is -0.506 e. The molecule has 0 radical (unpaired) electrons. The Labute approximate surface area is 290 Å². The third-order valence-electron chi connectivity index (χ3n) is 9.71. The van der Waals surface area contributed by atoms with E-state index in [0.717, 1.165) is 22.3 Å². The third kappa shape index (κ3) is 7.69.